The average Bonchev–Trinajstić information content (AvgIpc) is 2.79. The van der Waals surface area contributed by atoms with Crippen molar-refractivity contribution in [2.45, 2.75) is 44.9 Å². The number of amides is 4. The molecule has 0 spiro atoms. The van der Waals surface area contributed by atoms with Crippen molar-refractivity contribution in [3.8, 4) is 11.7 Å². The summed E-state index contributed by atoms with van der Waals surface area (Å²) in [6.07, 6.45) is 3.14. The molecule has 1 aromatic carbocycles. The number of hydrogen-bond acceptors (Lipinski definition) is 7. The van der Waals surface area contributed by atoms with E-state index >= 15 is 0 Å². The molecular weight excluding hydrogens is 411 g/mol. The minimum atomic E-state index is -1.01. The van der Waals surface area contributed by atoms with Crippen LogP contribution in [0.4, 0.5) is 0 Å². The molecule has 1 atom stereocenters. The van der Waals surface area contributed by atoms with Crippen LogP contribution < -0.4 is 10.1 Å². The van der Waals surface area contributed by atoms with Crippen molar-refractivity contribution in [2.24, 2.45) is 0 Å². The Morgan fingerprint density at radius 1 is 1.38 bits per heavy atom. The first-order chi connectivity index (χ1) is 15.4. The Kier molecular flexibility index (Phi) is 8.00. The number of carbonyl (C=O) groups excluding carboxylic acids is 4. The number of nitrogens with one attached hydrogen (secondary N) is 1. The van der Waals surface area contributed by atoms with Crippen LogP contribution in [0, 0.1) is 18.2 Å². The van der Waals surface area contributed by atoms with Crippen molar-refractivity contribution in [2.75, 3.05) is 26.2 Å². The Morgan fingerprint density at radius 3 is 2.78 bits per heavy atom. The highest BCUT2D eigenvalue weighted by Crippen LogP contribution is 2.22. The zero-order valence-corrected chi connectivity index (χ0v) is 18.2. The third-order valence-electron chi connectivity index (χ3n) is 5.99. The van der Waals surface area contributed by atoms with Gasteiger partial charge in [-0.2, -0.15) is 0 Å². The predicted molar refractivity (Wildman–Crippen MR) is 117 cm³/mol. The van der Waals surface area contributed by atoms with Gasteiger partial charge in [0.05, 0.1) is 6.61 Å². The van der Waals surface area contributed by atoms with Crippen LogP contribution in [-0.4, -0.2) is 72.9 Å². The summed E-state index contributed by atoms with van der Waals surface area (Å²) in [6.45, 7) is 5.10. The lowest BCUT2D eigenvalue weighted by Gasteiger charge is -2.28. The summed E-state index contributed by atoms with van der Waals surface area (Å²) in [4.78, 5) is 51.3. The number of aryl methyl sites for hydroxylation is 1. The number of imide groups is 2. The topological polar surface area (TPSA) is 120 Å². The molecule has 1 aromatic rings. The van der Waals surface area contributed by atoms with E-state index in [9.17, 15) is 19.2 Å². The molecule has 9 nitrogen and oxygen atoms in total. The third kappa shape index (κ3) is 5.74. The van der Waals surface area contributed by atoms with Crippen LogP contribution in [0.1, 0.15) is 35.2 Å². The summed E-state index contributed by atoms with van der Waals surface area (Å²) in [7, 11) is 0. The summed E-state index contributed by atoms with van der Waals surface area (Å²) >= 11 is 0. The summed E-state index contributed by atoms with van der Waals surface area (Å²) in [5, 5.41) is 11.1. The molecule has 0 aliphatic carbocycles. The van der Waals surface area contributed by atoms with Gasteiger partial charge in [0.25, 0.3) is 12.6 Å². The zero-order valence-electron chi connectivity index (χ0n) is 18.2. The van der Waals surface area contributed by atoms with E-state index in [4.69, 9.17) is 10.00 Å². The Morgan fingerprint density at radius 2 is 2.12 bits per heavy atom. The van der Waals surface area contributed by atoms with Crippen LogP contribution in [0.2, 0.25) is 12.6 Å². The van der Waals surface area contributed by atoms with Crippen LogP contribution in [0.5, 0.6) is 5.75 Å². The number of carbonyl (C=O) groups is 4. The molecule has 0 radical (unpaired) electrons. The highest BCUT2D eigenvalue weighted by Gasteiger charge is 2.35. The number of piperidine rings is 1. The van der Waals surface area contributed by atoms with E-state index < -0.39 is 23.8 Å². The van der Waals surface area contributed by atoms with Gasteiger partial charge < -0.3 is 9.64 Å². The Bertz CT molecular complexity index is 923. The van der Waals surface area contributed by atoms with Gasteiger partial charge in [0.2, 0.25) is 18.2 Å². The first kappa shape index (κ1) is 23.5. The zero-order chi connectivity index (χ0) is 23.1. The van der Waals surface area contributed by atoms with Crippen molar-refractivity contribution in [1.82, 2.24) is 15.1 Å². The summed E-state index contributed by atoms with van der Waals surface area (Å²) < 4.78 is 5.82. The van der Waals surface area contributed by atoms with Gasteiger partial charge >= 0.3 is 0 Å². The molecule has 1 N–H and O–H groups in total. The summed E-state index contributed by atoms with van der Waals surface area (Å²) in [6, 6.07) is 4.08. The minimum Gasteiger partial charge on any atom is -0.494 e. The maximum Gasteiger partial charge on any atom is 0.270 e. The van der Waals surface area contributed by atoms with Gasteiger partial charge in [-0.1, -0.05) is 6.07 Å². The second-order valence-corrected chi connectivity index (χ2v) is 8.21. The van der Waals surface area contributed by atoms with E-state index in [1.165, 1.54) is 0 Å². The van der Waals surface area contributed by atoms with Crippen LogP contribution in [-0.2, 0) is 14.4 Å². The van der Waals surface area contributed by atoms with Gasteiger partial charge in [0, 0.05) is 24.5 Å². The number of ether oxygens (including phenoxy) is 1. The van der Waals surface area contributed by atoms with Gasteiger partial charge in [0.1, 0.15) is 11.8 Å². The molecule has 2 saturated heterocycles. The molecule has 0 aromatic heterocycles. The van der Waals surface area contributed by atoms with Crippen LogP contribution in [0.15, 0.2) is 18.2 Å². The molecule has 168 valence electrons. The number of nitriles is 1. The molecule has 0 bridgehead atoms. The fraction of sp³-hybridized carbons (Fsp3) is 0.500. The lowest BCUT2D eigenvalue weighted by molar-refractivity contribution is -0.139. The van der Waals surface area contributed by atoms with E-state index in [0.29, 0.717) is 24.3 Å². The van der Waals surface area contributed by atoms with Crippen LogP contribution in [0.25, 0.3) is 0 Å². The van der Waals surface area contributed by atoms with Gasteiger partial charge in [-0.3, -0.25) is 29.4 Å². The highest BCUT2D eigenvalue weighted by atomic mass is 16.5. The molecule has 2 aliphatic heterocycles. The first-order valence-corrected chi connectivity index (χ1v) is 10.9. The largest absolute Gasteiger partial charge is 0.494 e. The molecule has 4 amide bonds. The van der Waals surface area contributed by atoms with E-state index in [2.05, 4.69) is 16.2 Å². The standard InChI is InChI=1S/C22H27BN4O5/c1-16-3-4-17(32-12-2-9-26-10-7-23(14-24)8-11-26)13-18(16)22(31)27(15-28)19-5-6-20(29)25-21(19)30/h3-4,13,15,19H,2,5-12H2,1H3,(H,25,29,30). The predicted octanol–water partition coefficient (Wildman–Crippen LogP) is 1.04. The van der Waals surface area contributed by atoms with Gasteiger partial charge in [-0.15, -0.1) is 0 Å². The minimum absolute atomic E-state index is 0.0738. The quantitative estimate of drug-likeness (QED) is 0.279. The smallest absolute Gasteiger partial charge is 0.270 e. The first-order valence-electron chi connectivity index (χ1n) is 10.9. The lowest BCUT2D eigenvalue weighted by Crippen LogP contribution is -2.53. The lowest BCUT2D eigenvalue weighted by atomic mass is 9.45. The Labute approximate surface area is 187 Å². The van der Waals surface area contributed by atoms with Crippen molar-refractivity contribution in [1.29, 1.82) is 5.26 Å². The number of nitrogens with zero attached hydrogens (tertiary/aromatic N) is 3. The van der Waals surface area contributed by atoms with Crippen molar-refractivity contribution >= 4 is 30.8 Å². The maximum atomic E-state index is 13.0. The van der Waals surface area contributed by atoms with Gasteiger partial charge in [-0.05, 0) is 63.2 Å². The second-order valence-electron chi connectivity index (χ2n) is 8.21. The second kappa shape index (κ2) is 10.9. The summed E-state index contributed by atoms with van der Waals surface area (Å²) in [5.74, 6) is 1.18. The number of hydrogen-bond donors (Lipinski definition) is 1. The number of benzene rings is 1. The van der Waals surface area contributed by atoms with Crippen molar-refractivity contribution < 1.29 is 23.9 Å². The molecule has 0 saturated carbocycles. The molecule has 1 unspecified atom stereocenters. The summed E-state index contributed by atoms with van der Waals surface area (Å²) in [5.41, 5.74) is 0.930. The molecule has 2 fully saturated rings. The van der Waals surface area contributed by atoms with Crippen molar-refractivity contribution in [3.05, 3.63) is 29.3 Å². The maximum absolute atomic E-state index is 13.0. The van der Waals surface area contributed by atoms with E-state index in [0.717, 1.165) is 43.6 Å². The fourth-order valence-electron chi connectivity index (χ4n) is 4.03. The van der Waals surface area contributed by atoms with E-state index in [1.807, 2.05) is 0 Å². The van der Waals surface area contributed by atoms with Crippen LogP contribution >= 0.6 is 0 Å². The molecule has 32 heavy (non-hydrogen) atoms. The Hall–Kier alpha value is -3.19. The van der Waals surface area contributed by atoms with E-state index in [-0.39, 0.29) is 25.1 Å². The van der Waals surface area contributed by atoms with Crippen molar-refractivity contribution in [3.63, 3.8) is 0 Å². The highest BCUT2D eigenvalue weighted by molar-refractivity contribution is 6.67. The van der Waals surface area contributed by atoms with Gasteiger partial charge in [0.15, 0.2) is 0 Å². The van der Waals surface area contributed by atoms with Crippen LogP contribution in [0.3, 0.4) is 0 Å². The van der Waals surface area contributed by atoms with Gasteiger partial charge in [-0.25, -0.2) is 5.26 Å². The molecule has 10 heteroatoms. The molecule has 2 heterocycles. The monoisotopic (exact) mass is 438 g/mol. The molecule has 2 aliphatic rings. The fourth-order valence-corrected chi connectivity index (χ4v) is 4.03. The third-order valence-corrected chi connectivity index (χ3v) is 5.99. The average molecular weight is 438 g/mol. The molecular formula is C22H27BN4O5. The number of rotatable bonds is 8. The molecule has 3 rings (SSSR count). The SMILES string of the molecule is Cc1ccc(OCCCN2CCB(C#N)CC2)cc1C(=O)N(C=O)C1CCC(=O)NC1=O. The Balaban J connectivity index is 1.57. The van der Waals surface area contributed by atoms with E-state index in [1.54, 1.807) is 25.1 Å². The normalized spacial score (nSPS) is 19.1.